The lowest BCUT2D eigenvalue weighted by Crippen LogP contribution is -1.99. The summed E-state index contributed by atoms with van der Waals surface area (Å²) in [6.45, 7) is 2.26. The van der Waals surface area contributed by atoms with E-state index >= 15 is 0 Å². The van der Waals surface area contributed by atoms with Gasteiger partial charge in [0.15, 0.2) is 0 Å². The molecule has 0 saturated heterocycles. The molecule has 0 saturated carbocycles. The SMILES string of the molecule is Cc1cc2cc3ccc[nH]c3cc2c1CCC1c2ccccc2-c2ccccc21. The van der Waals surface area contributed by atoms with Gasteiger partial charge in [0, 0.05) is 17.6 Å². The van der Waals surface area contributed by atoms with Crippen LogP contribution in [0.3, 0.4) is 0 Å². The molecule has 1 aliphatic carbocycles. The van der Waals surface area contributed by atoms with E-state index in [-0.39, 0.29) is 0 Å². The standard InChI is InChI=1S/C28H23N/c1-18-15-20-16-19-7-6-14-29-28(19)17-27(20)21(18)12-13-26-24-10-4-2-8-22(24)23-9-3-5-11-25(23)26/h2-11,14-17,26,29H,12-13H2,1H3. The minimum absolute atomic E-state index is 0.485. The molecule has 0 amide bonds. The second-order valence-corrected chi connectivity index (χ2v) is 8.27. The summed E-state index contributed by atoms with van der Waals surface area (Å²) in [5.74, 6) is 0.485. The van der Waals surface area contributed by atoms with Gasteiger partial charge in [-0.3, -0.25) is 0 Å². The third kappa shape index (κ3) is 2.54. The number of aryl methyl sites for hydroxylation is 2. The van der Waals surface area contributed by atoms with Gasteiger partial charge in [-0.15, -0.1) is 0 Å². The highest BCUT2D eigenvalue weighted by Gasteiger charge is 2.27. The Bertz CT molecular complexity index is 1330. The fourth-order valence-electron chi connectivity index (χ4n) is 5.29. The highest BCUT2D eigenvalue weighted by molar-refractivity contribution is 6.00. The normalized spacial score (nSPS) is 13.1. The van der Waals surface area contributed by atoms with E-state index in [1.807, 2.05) is 6.20 Å². The molecule has 1 aromatic heterocycles. The third-order valence-electron chi connectivity index (χ3n) is 6.65. The molecule has 1 nitrogen and oxygen atoms in total. The summed E-state index contributed by atoms with van der Waals surface area (Å²) in [6, 6.07) is 29.1. The molecule has 0 bridgehead atoms. The highest BCUT2D eigenvalue weighted by Crippen LogP contribution is 2.46. The van der Waals surface area contributed by atoms with Crippen LogP contribution in [0.2, 0.25) is 0 Å². The molecule has 140 valence electrons. The van der Waals surface area contributed by atoms with Gasteiger partial charge in [0.25, 0.3) is 0 Å². The number of hydrogen-bond acceptors (Lipinski definition) is 0. The first-order chi connectivity index (χ1) is 14.3. The van der Waals surface area contributed by atoms with Crippen LogP contribution in [0, 0.1) is 6.92 Å². The van der Waals surface area contributed by atoms with Crippen LogP contribution in [-0.2, 0) is 6.42 Å². The number of rotatable bonds is 3. The van der Waals surface area contributed by atoms with Crippen molar-refractivity contribution in [2.24, 2.45) is 0 Å². The average Bonchev–Trinajstić information content (AvgIpc) is 3.24. The zero-order valence-electron chi connectivity index (χ0n) is 16.6. The molecule has 29 heavy (non-hydrogen) atoms. The molecule has 0 fully saturated rings. The lowest BCUT2D eigenvalue weighted by Gasteiger charge is -2.14. The number of nitrogens with one attached hydrogen (secondary N) is 1. The Kier molecular flexibility index (Phi) is 3.64. The quantitative estimate of drug-likeness (QED) is 0.340. The number of benzene rings is 3. The van der Waals surface area contributed by atoms with Crippen molar-refractivity contribution >= 4 is 21.7 Å². The maximum atomic E-state index is 3.40. The first kappa shape index (κ1) is 16.6. The Morgan fingerprint density at radius 3 is 2.24 bits per heavy atom. The summed E-state index contributed by atoms with van der Waals surface area (Å²) < 4.78 is 0. The van der Waals surface area contributed by atoms with Crippen molar-refractivity contribution < 1.29 is 0 Å². The largest absolute Gasteiger partial charge is 0.361 e. The third-order valence-corrected chi connectivity index (χ3v) is 6.65. The van der Waals surface area contributed by atoms with Crippen molar-refractivity contribution in [1.29, 1.82) is 0 Å². The summed E-state index contributed by atoms with van der Waals surface area (Å²) in [6.07, 6.45) is 4.25. The molecular weight excluding hydrogens is 350 g/mol. The Morgan fingerprint density at radius 2 is 1.48 bits per heavy atom. The molecule has 1 aliphatic rings. The van der Waals surface area contributed by atoms with E-state index in [0.717, 1.165) is 12.8 Å². The maximum Gasteiger partial charge on any atom is 0.0459 e. The van der Waals surface area contributed by atoms with Crippen LogP contribution in [0.5, 0.6) is 0 Å². The zero-order valence-corrected chi connectivity index (χ0v) is 16.6. The Hall–Kier alpha value is -3.32. The monoisotopic (exact) mass is 373 g/mol. The van der Waals surface area contributed by atoms with E-state index in [0.29, 0.717) is 5.92 Å². The van der Waals surface area contributed by atoms with Gasteiger partial charge >= 0.3 is 0 Å². The molecule has 5 aromatic rings. The Morgan fingerprint density at radius 1 is 0.759 bits per heavy atom. The van der Waals surface area contributed by atoms with E-state index < -0.39 is 0 Å². The average molecular weight is 373 g/mol. The predicted molar refractivity (Wildman–Crippen MR) is 123 cm³/mol. The van der Waals surface area contributed by atoms with Gasteiger partial charge in [-0.05, 0) is 87.5 Å². The van der Waals surface area contributed by atoms with Crippen LogP contribution >= 0.6 is 0 Å². The number of aromatic nitrogens is 1. The summed E-state index contributed by atoms with van der Waals surface area (Å²) in [4.78, 5) is 3.40. The summed E-state index contributed by atoms with van der Waals surface area (Å²) in [5, 5.41) is 4.03. The molecular formula is C28H23N. The van der Waals surface area contributed by atoms with Crippen molar-refractivity contribution in [3.05, 3.63) is 107 Å². The van der Waals surface area contributed by atoms with Gasteiger partial charge < -0.3 is 4.98 Å². The van der Waals surface area contributed by atoms with Crippen LogP contribution in [0.1, 0.15) is 34.6 Å². The van der Waals surface area contributed by atoms with Crippen LogP contribution in [0.4, 0.5) is 0 Å². The van der Waals surface area contributed by atoms with E-state index in [1.54, 1.807) is 0 Å². The molecule has 0 radical (unpaired) electrons. The van der Waals surface area contributed by atoms with E-state index in [2.05, 4.69) is 90.8 Å². The van der Waals surface area contributed by atoms with Gasteiger partial charge in [-0.25, -0.2) is 0 Å². The summed E-state index contributed by atoms with van der Waals surface area (Å²) in [5.41, 5.74) is 9.93. The van der Waals surface area contributed by atoms with Crippen molar-refractivity contribution in [2.75, 3.05) is 0 Å². The van der Waals surface area contributed by atoms with Crippen molar-refractivity contribution in [2.45, 2.75) is 25.7 Å². The number of aromatic amines is 1. The molecule has 0 spiro atoms. The highest BCUT2D eigenvalue weighted by atomic mass is 14.6. The Balaban J connectivity index is 1.41. The molecule has 1 heterocycles. The number of H-pyrrole nitrogens is 1. The van der Waals surface area contributed by atoms with Crippen LogP contribution in [0.15, 0.2) is 85.1 Å². The van der Waals surface area contributed by atoms with Crippen LogP contribution < -0.4 is 0 Å². The lowest BCUT2D eigenvalue weighted by molar-refractivity contribution is 0.731. The second kappa shape index (κ2) is 6.35. The van der Waals surface area contributed by atoms with Gasteiger partial charge in [0.05, 0.1) is 0 Å². The topological polar surface area (TPSA) is 15.8 Å². The fraction of sp³-hybridized carbons (Fsp3) is 0.143. The summed E-state index contributed by atoms with van der Waals surface area (Å²) in [7, 11) is 0. The van der Waals surface area contributed by atoms with Crippen molar-refractivity contribution in [3.63, 3.8) is 0 Å². The fourth-order valence-corrected chi connectivity index (χ4v) is 5.29. The maximum absolute atomic E-state index is 3.40. The van der Waals surface area contributed by atoms with Crippen molar-refractivity contribution in [1.82, 2.24) is 4.98 Å². The first-order valence-electron chi connectivity index (χ1n) is 10.5. The van der Waals surface area contributed by atoms with Crippen molar-refractivity contribution in [3.8, 4) is 11.1 Å². The van der Waals surface area contributed by atoms with Crippen LogP contribution in [0.25, 0.3) is 32.8 Å². The van der Waals surface area contributed by atoms with Crippen LogP contribution in [-0.4, -0.2) is 4.98 Å². The smallest absolute Gasteiger partial charge is 0.0459 e. The predicted octanol–water partition coefficient (Wildman–Crippen LogP) is 7.37. The van der Waals surface area contributed by atoms with Gasteiger partial charge in [0.2, 0.25) is 0 Å². The number of fused-ring (bicyclic) bond motifs is 5. The lowest BCUT2D eigenvalue weighted by atomic mass is 9.90. The number of hydrogen-bond donors (Lipinski definition) is 1. The Labute approximate surface area is 171 Å². The second-order valence-electron chi connectivity index (χ2n) is 8.27. The molecule has 1 heteroatoms. The van der Waals surface area contributed by atoms with Gasteiger partial charge in [-0.2, -0.15) is 0 Å². The molecule has 1 N–H and O–H groups in total. The molecule has 0 unspecified atom stereocenters. The van der Waals surface area contributed by atoms with Gasteiger partial charge in [0.1, 0.15) is 0 Å². The van der Waals surface area contributed by atoms with Gasteiger partial charge in [-0.1, -0.05) is 60.7 Å². The van der Waals surface area contributed by atoms with E-state index in [4.69, 9.17) is 0 Å². The van der Waals surface area contributed by atoms with E-state index in [1.165, 1.54) is 55.1 Å². The first-order valence-corrected chi connectivity index (χ1v) is 10.5. The zero-order chi connectivity index (χ0) is 19.4. The van der Waals surface area contributed by atoms with E-state index in [9.17, 15) is 0 Å². The molecule has 6 rings (SSSR count). The minimum Gasteiger partial charge on any atom is -0.361 e. The summed E-state index contributed by atoms with van der Waals surface area (Å²) >= 11 is 0. The minimum atomic E-state index is 0.485. The molecule has 4 aromatic carbocycles. The molecule has 0 atom stereocenters. The molecule has 0 aliphatic heterocycles. The number of pyridine rings is 1.